The van der Waals surface area contributed by atoms with Crippen LogP contribution in [0, 0.1) is 0 Å². The first-order valence-corrected chi connectivity index (χ1v) is 17.2. The number of nitrogens with zero attached hydrogens (tertiary/aromatic N) is 4. The molecule has 0 atom stereocenters. The summed E-state index contributed by atoms with van der Waals surface area (Å²) in [5.74, 6) is 0.631. The minimum Gasteiger partial charge on any atom is -0.456 e. The Balaban J connectivity index is 1.31. The average Bonchev–Trinajstić information content (AvgIpc) is 3.85. The molecule has 7 aromatic carbocycles. The Labute approximate surface area is 292 Å². The maximum Gasteiger partial charge on any atom is 0.235 e. The van der Waals surface area contributed by atoms with Crippen molar-refractivity contribution in [3.8, 4) is 34.2 Å². The van der Waals surface area contributed by atoms with Crippen LogP contribution in [0.15, 0.2) is 174 Å². The molecule has 4 aromatic heterocycles. The molecule has 0 fully saturated rings. The van der Waals surface area contributed by atoms with Gasteiger partial charge in [-0.2, -0.15) is 0 Å². The zero-order valence-corrected chi connectivity index (χ0v) is 27.4. The molecule has 0 radical (unpaired) electrons. The maximum absolute atomic E-state index is 6.43. The summed E-state index contributed by atoms with van der Waals surface area (Å²) >= 11 is 0. The van der Waals surface area contributed by atoms with Crippen LogP contribution in [-0.4, -0.2) is 19.1 Å². The smallest absolute Gasteiger partial charge is 0.235 e. The number of rotatable bonds is 4. The van der Waals surface area contributed by atoms with Crippen LogP contribution in [0.4, 0.5) is 0 Å². The molecule has 5 heteroatoms. The average molecular weight is 653 g/mol. The van der Waals surface area contributed by atoms with Crippen molar-refractivity contribution in [2.24, 2.45) is 0 Å². The zero-order valence-electron chi connectivity index (χ0n) is 27.4. The first-order chi connectivity index (χ1) is 25.3. The van der Waals surface area contributed by atoms with Crippen molar-refractivity contribution in [1.82, 2.24) is 19.1 Å². The second kappa shape index (κ2) is 10.8. The van der Waals surface area contributed by atoms with Crippen molar-refractivity contribution in [3.05, 3.63) is 170 Å². The number of furan rings is 1. The second-order valence-electron chi connectivity index (χ2n) is 13.0. The van der Waals surface area contributed by atoms with Gasteiger partial charge < -0.3 is 8.98 Å². The summed E-state index contributed by atoms with van der Waals surface area (Å²) < 4.78 is 11.1. The fourth-order valence-corrected chi connectivity index (χ4v) is 7.90. The molecule has 238 valence electrons. The van der Waals surface area contributed by atoms with Crippen molar-refractivity contribution < 1.29 is 4.42 Å². The minimum atomic E-state index is 0.631. The van der Waals surface area contributed by atoms with Gasteiger partial charge in [-0.3, -0.25) is 4.57 Å². The molecule has 0 amide bonds. The van der Waals surface area contributed by atoms with Gasteiger partial charge in [-0.05, 0) is 54.6 Å². The van der Waals surface area contributed by atoms with Crippen molar-refractivity contribution in [1.29, 1.82) is 0 Å². The van der Waals surface area contributed by atoms with Gasteiger partial charge in [0.1, 0.15) is 11.2 Å². The topological polar surface area (TPSA) is 48.8 Å². The van der Waals surface area contributed by atoms with Crippen LogP contribution in [-0.2, 0) is 0 Å². The van der Waals surface area contributed by atoms with Gasteiger partial charge in [0.15, 0.2) is 0 Å². The van der Waals surface area contributed by atoms with Crippen LogP contribution < -0.4 is 0 Å². The number of hydrogen-bond acceptors (Lipinski definition) is 3. The lowest BCUT2D eigenvalue weighted by atomic mass is 10.0. The molecule has 5 nitrogen and oxygen atoms in total. The molecule has 0 unspecified atom stereocenters. The van der Waals surface area contributed by atoms with Crippen molar-refractivity contribution in [2.45, 2.75) is 0 Å². The van der Waals surface area contributed by atoms with E-state index in [1.807, 2.05) is 18.2 Å². The van der Waals surface area contributed by atoms with Crippen LogP contribution in [0.1, 0.15) is 0 Å². The van der Waals surface area contributed by atoms with Gasteiger partial charge in [0, 0.05) is 49.1 Å². The predicted molar refractivity (Wildman–Crippen MR) is 209 cm³/mol. The third-order valence-corrected chi connectivity index (χ3v) is 10.1. The molecule has 0 spiro atoms. The minimum absolute atomic E-state index is 0.631. The second-order valence-corrected chi connectivity index (χ2v) is 13.0. The van der Waals surface area contributed by atoms with Crippen LogP contribution in [0.3, 0.4) is 0 Å². The fraction of sp³-hybridized carbons (Fsp3) is 0. The van der Waals surface area contributed by atoms with E-state index in [4.69, 9.17) is 14.4 Å². The lowest BCUT2D eigenvalue weighted by Gasteiger charge is -2.12. The predicted octanol–water partition coefficient (Wildman–Crippen LogP) is 11.9. The molecule has 0 saturated heterocycles. The summed E-state index contributed by atoms with van der Waals surface area (Å²) in [7, 11) is 0. The van der Waals surface area contributed by atoms with Gasteiger partial charge in [0.05, 0.1) is 33.5 Å². The highest BCUT2D eigenvalue weighted by atomic mass is 16.3. The maximum atomic E-state index is 6.43. The largest absolute Gasteiger partial charge is 0.456 e. The van der Waals surface area contributed by atoms with Gasteiger partial charge in [-0.25, -0.2) is 9.97 Å². The van der Waals surface area contributed by atoms with Crippen molar-refractivity contribution in [3.63, 3.8) is 0 Å². The Hall–Kier alpha value is -6.98. The van der Waals surface area contributed by atoms with Crippen LogP contribution in [0.25, 0.3) is 99.7 Å². The van der Waals surface area contributed by atoms with E-state index in [-0.39, 0.29) is 0 Å². The fourth-order valence-electron chi connectivity index (χ4n) is 7.90. The molecule has 4 heterocycles. The monoisotopic (exact) mass is 652 g/mol. The summed E-state index contributed by atoms with van der Waals surface area (Å²) in [6.45, 7) is 0. The van der Waals surface area contributed by atoms with Crippen LogP contribution in [0.5, 0.6) is 0 Å². The van der Waals surface area contributed by atoms with Crippen molar-refractivity contribution in [2.75, 3.05) is 0 Å². The molecule has 11 aromatic rings. The number of fused-ring (bicyclic) bond motifs is 10. The zero-order chi connectivity index (χ0) is 33.5. The molecular weight excluding hydrogens is 625 g/mol. The van der Waals surface area contributed by atoms with E-state index in [0.717, 1.165) is 88.4 Å². The van der Waals surface area contributed by atoms with Crippen LogP contribution >= 0.6 is 0 Å². The number of aromatic nitrogens is 4. The molecular formula is C46H28N4O. The Kier molecular flexibility index (Phi) is 5.89. The lowest BCUT2D eigenvalue weighted by molar-refractivity contribution is 0.669. The van der Waals surface area contributed by atoms with Gasteiger partial charge in [-0.1, -0.05) is 115 Å². The van der Waals surface area contributed by atoms with Gasteiger partial charge in [0.2, 0.25) is 5.95 Å². The first kappa shape index (κ1) is 27.9. The lowest BCUT2D eigenvalue weighted by Crippen LogP contribution is -2.04. The molecule has 0 aliphatic heterocycles. The Bertz CT molecular complexity index is 3060. The highest BCUT2D eigenvalue weighted by molar-refractivity contribution is 6.29. The van der Waals surface area contributed by atoms with Gasteiger partial charge >= 0.3 is 0 Å². The van der Waals surface area contributed by atoms with E-state index in [0.29, 0.717) is 5.95 Å². The number of benzene rings is 7. The molecule has 51 heavy (non-hydrogen) atoms. The summed E-state index contributed by atoms with van der Waals surface area (Å²) in [6.07, 6.45) is 0. The summed E-state index contributed by atoms with van der Waals surface area (Å²) in [5.41, 5.74) is 11.1. The molecule has 0 N–H and O–H groups in total. The molecule has 0 aliphatic carbocycles. The SMILES string of the molecule is c1ccc(-c2cc(-c3ccccc3)nc(-n3c4ccccc4c4cc5c(cc43)c3c4c(ccc3n5-c3ccccc3)oc3ccccc34)n2)cc1. The Morgan fingerprint density at radius 3 is 1.69 bits per heavy atom. The summed E-state index contributed by atoms with van der Waals surface area (Å²) in [5, 5.41) is 6.83. The highest BCUT2D eigenvalue weighted by Crippen LogP contribution is 2.44. The Morgan fingerprint density at radius 2 is 0.961 bits per heavy atom. The summed E-state index contributed by atoms with van der Waals surface area (Å²) in [6, 6.07) is 59.4. The number of para-hydroxylation sites is 3. The van der Waals surface area contributed by atoms with Gasteiger partial charge in [0.25, 0.3) is 0 Å². The number of hydrogen-bond donors (Lipinski definition) is 0. The van der Waals surface area contributed by atoms with E-state index in [1.54, 1.807) is 0 Å². The first-order valence-electron chi connectivity index (χ1n) is 17.2. The molecule has 0 aliphatic rings. The highest BCUT2D eigenvalue weighted by Gasteiger charge is 2.23. The van der Waals surface area contributed by atoms with Crippen LogP contribution in [0.2, 0.25) is 0 Å². The Morgan fingerprint density at radius 1 is 0.373 bits per heavy atom. The van der Waals surface area contributed by atoms with E-state index in [9.17, 15) is 0 Å². The molecule has 0 saturated carbocycles. The third-order valence-electron chi connectivity index (χ3n) is 10.1. The quantitative estimate of drug-likeness (QED) is 0.190. The standard InChI is InChI=1S/C46H28N4O/c1-4-14-29(15-5-1)36-28-37(30-16-6-2-7-17-30)48-46(47-36)50-38-22-12-10-20-32(38)34-26-41-35(27-40(34)50)44-39(49(41)31-18-8-3-9-19-31)24-25-43-45(44)33-21-11-13-23-42(33)51-43/h1-28H. The van der Waals surface area contributed by atoms with E-state index in [1.165, 1.54) is 5.39 Å². The molecule has 0 bridgehead atoms. The van der Waals surface area contributed by atoms with E-state index < -0.39 is 0 Å². The normalized spacial score (nSPS) is 11.9. The van der Waals surface area contributed by atoms with Crippen molar-refractivity contribution >= 4 is 65.6 Å². The van der Waals surface area contributed by atoms with E-state index >= 15 is 0 Å². The summed E-state index contributed by atoms with van der Waals surface area (Å²) in [4.78, 5) is 10.6. The third kappa shape index (κ3) is 4.15. The molecule has 11 rings (SSSR count). The van der Waals surface area contributed by atoms with Gasteiger partial charge in [-0.15, -0.1) is 0 Å². The van der Waals surface area contributed by atoms with E-state index in [2.05, 4.69) is 161 Å².